The van der Waals surface area contributed by atoms with E-state index in [9.17, 15) is 0 Å². The maximum atomic E-state index is 5.21. The van der Waals surface area contributed by atoms with E-state index in [-0.39, 0.29) is 0 Å². The van der Waals surface area contributed by atoms with Crippen molar-refractivity contribution in [2.75, 3.05) is 0 Å². The van der Waals surface area contributed by atoms with E-state index in [0.29, 0.717) is 11.6 Å². The third-order valence-electron chi connectivity index (χ3n) is 9.07. The van der Waals surface area contributed by atoms with Crippen LogP contribution in [0.1, 0.15) is 0 Å². The molecule has 7 aromatic carbocycles. The molecule has 2 heterocycles. The van der Waals surface area contributed by atoms with Crippen LogP contribution in [0.4, 0.5) is 0 Å². The molecule has 0 amide bonds. The molecule has 0 aliphatic carbocycles. The molecular formula is C46H30N4. The van der Waals surface area contributed by atoms with Crippen molar-refractivity contribution in [3.8, 4) is 67.5 Å². The second-order valence-corrected chi connectivity index (χ2v) is 12.3. The van der Waals surface area contributed by atoms with Crippen LogP contribution in [0.25, 0.3) is 89.4 Å². The van der Waals surface area contributed by atoms with Crippen molar-refractivity contribution in [2.45, 2.75) is 0 Å². The van der Waals surface area contributed by atoms with Gasteiger partial charge in [-0.05, 0) is 52.6 Å². The molecule has 0 bridgehead atoms. The molecule has 0 N–H and O–H groups in total. The molecule has 0 atom stereocenters. The molecule has 50 heavy (non-hydrogen) atoms. The third-order valence-corrected chi connectivity index (χ3v) is 9.07. The first kappa shape index (κ1) is 29.4. The van der Waals surface area contributed by atoms with Gasteiger partial charge in [0.05, 0.1) is 22.4 Å². The summed E-state index contributed by atoms with van der Waals surface area (Å²) < 4.78 is 0. The van der Waals surface area contributed by atoms with E-state index >= 15 is 0 Å². The number of aromatic nitrogens is 4. The van der Waals surface area contributed by atoms with Crippen molar-refractivity contribution < 1.29 is 0 Å². The smallest absolute Gasteiger partial charge is 0.160 e. The first-order chi connectivity index (χ1) is 24.8. The fraction of sp³-hybridized carbons (Fsp3) is 0. The van der Waals surface area contributed by atoms with E-state index in [4.69, 9.17) is 19.9 Å². The Morgan fingerprint density at radius 3 is 1.14 bits per heavy atom. The highest BCUT2D eigenvalue weighted by molar-refractivity contribution is 5.95. The van der Waals surface area contributed by atoms with Gasteiger partial charge in [-0.25, -0.2) is 19.9 Å². The second kappa shape index (κ2) is 12.7. The lowest BCUT2D eigenvalue weighted by Crippen LogP contribution is -1.96. The van der Waals surface area contributed by atoms with Gasteiger partial charge >= 0.3 is 0 Å². The first-order valence-corrected chi connectivity index (χ1v) is 16.7. The highest BCUT2D eigenvalue weighted by Gasteiger charge is 2.15. The maximum absolute atomic E-state index is 5.21. The average molecular weight is 639 g/mol. The van der Waals surface area contributed by atoms with E-state index in [2.05, 4.69) is 133 Å². The summed E-state index contributed by atoms with van der Waals surface area (Å²) in [6, 6.07) is 62.7. The van der Waals surface area contributed by atoms with E-state index in [1.807, 2.05) is 48.5 Å². The number of benzene rings is 7. The zero-order valence-corrected chi connectivity index (χ0v) is 27.1. The molecule has 0 aliphatic rings. The molecule has 0 saturated heterocycles. The molecule has 9 aromatic rings. The van der Waals surface area contributed by atoms with Crippen LogP contribution in [0.3, 0.4) is 0 Å². The zero-order chi connectivity index (χ0) is 33.3. The molecule has 234 valence electrons. The summed E-state index contributed by atoms with van der Waals surface area (Å²) >= 11 is 0. The van der Waals surface area contributed by atoms with Gasteiger partial charge in [-0.15, -0.1) is 0 Å². The zero-order valence-electron chi connectivity index (χ0n) is 27.1. The fourth-order valence-corrected chi connectivity index (χ4v) is 6.60. The van der Waals surface area contributed by atoms with Crippen LogP contribution >= 0.6 is 0 Å². The Bertz CT molecular complexity index is 2650. The van der Waals surface area contributed by atoms with Crippen molar-refractivity contribution in [3.05, 3.63) is 182 Å². The molecule has 0 radical (unpaired) electrons. The molecular weight excluding hydrogens is 609 g/mol. The average Bonchev–Trinajstić information content (AvgIpc) is 3.21. The summed E-state index contributed by atoms with van der Waals surface area (Å²) in [4.78, 5) is 20.4. The van der Waals surface area contributed by atoms with Gasteiger partial charge in [0.1, 0.15) is 0 Å². The Morgan fingerprint density at radius 2 is 0.600 bits per heavy atom. The minimum atomic E-state index is 0.687. The standard InChI is InChI=1S/C46H30N4/c1-3-14-31(15-4-1)33-18-11-21-36(28-33)44-40-25-8-10-27-42(40)48-46(50-44)38-23-13-20-35(30-38)34-19-12-22-37(29-34)45-47-41-26-9-7-24-39(41)43(49-45)32-16-5-2-6-17-32/h1-30H. The van der Waals surface area contributed by atoms with Crippen molar-refractivity contribution in [1.29, 1.82) is 0 Å². The largest absolute Gasteiger partial charge is 0.228 e. The van der Waals surface area contributed by atoms with Gasteiger partial charge in [0.2, 0.25) is 0 Å². The number of rotatable bonds is 6. The monoisotopic (exact) mass is 638 g/mol. The van der Waals surface area contributed by atoms with Crippen LogP contribution in [-0.4, -0.2) is 19.9 Å². The normalized spacial score (nSPS) is 11.2. The summed E-state index contributed by atoms with van der Waals surface area (Å²) in [6.45, 7) is 0. The molecule has 0 fully saturated rings. The van der Waals surface area contributed by atoms with Crippen molar-refractivity contribution in [2.24, 2.45) is 0 Å². The van der Waals surface area contributed by atoms with E-state index in [0.717, 1.165) is 72.1 Å². The van der Waals surface area contributed by atoms with E-state index in [1.165, 1.54) is 5.56 Å². The molecule has 4 nitrogen and oxygen atoms in total. The molecule has 9 rings (SSSR count). The minimum Gasteiger partial charge on any atom is -0.228 e. The van der Waals surface area contributed by atoms with Crippen LogP contribution in [0, 0.1) is 0 Å². The Morgan fingerprint density at radius 1 is 0.240 bits per heavy atom. The number of hydrogen-bond donors (Lipinski definition) is 0. The lowest BCUT2D eigenvalue weighted by atomic mass is 9.99. The number of para-hydroxylation sites is 2. The number of hydrogen-bond acceptors (Lipinski definition) is 4. The number of fused-ring (bicyclic) bond motifs is 2. The van der Waals surface area contributed by atoms with Gasteiger partial charge in [0.15, 0.2) is 11.6 Å². The molecule has 2 aromatic heterocycles. The van der Waals surface area contributed by atoms with Crippen LogP contribution in [0.15, 0.2) is 182 Å². The lowest BCUT2D eigenvalue weighted by molar-refractivity contribution is 1.23. The minimum absolute atomic E-state index is 0.687. The summed E-state index contributed by atoms with van der Waals surface area (Å²) in [5.74, 6) is 1.38. The van der Waals surface area contributed by atoms with Crippen molar-refractivity contribution >= 4 is 21.8 Å². The molecule has 4 heteroatoms. The Labute approximate surface area is 290 Å². The number of nitrogens with zero attached hydrogens (tertiary/aromatic N) is 4. The van der Waals surface area contributed by atoms with Gasteiger partial charge in [-0.2, -0.15) is 0 Å². The highest BCUT2D eigenvalue weighted by Crippen LogP contribution is 2.34. The Kier molecular flexibility index (Phi) is 7.45. The van der Waals surface area contributed by atoms with Gasteiger partial charge in [0, 0.05) is 33.0 Å². The maximum Gasteiger partial charge on any atom is 0.160 e. The van der Waals surface area contributed by atoms with Gasteiger partial charge in [-0.1, -0.05) is 152 Å². The van der Waals surface area contributed by atoms with Gasteiger partial charge in [-0.3, -0.25) is 0 Å². The van der Waals surface area contributed by atoms with Gasteiger partial charge in [0.25, 0.3) is 0 Å². The van der Waals surface area contributed by atoms with Crippen LogP contribution in [-0.2, 0) is 0 Å². The Hall–Kier alpha value is -6.78. The summed E-state index contributed by atoms with van der Waals surface area (Å²) in [7, 11) is 0. The van der Waals surface area contributed by atoms with Gasteiger partial charge < -0.3 is 0 Å². The van der Waals surface area contributed by atoms with Crippen LogP contribution in [0.2, 0.25) is 0 Å². The molecule has 0 spiro atoms. The quantitative estimate of drug-likeness (QED) is 0.182. The SMILES string of the molecule is c1ccc(-c2cccc(-c3nc(-c4cccc(-c5cccc(-c6nc(-c7ccccc7)c7ccccc7n6)c5)c4)nc4ccccc34)c2)cc1. The summed E-state index contributed by atoms with van der Waals surface area (Å²) in [5.41, 5.74) is 12.2. The summed E-state index contributed by atoms with van der Waals surface area (Å²) in [5, 5.41) is 2.06. The van der Waals surface area contributed by atoms with Crippen molar-refractivity contribution in [1.82, 2.24) is 19.9 Å². The van der Waals surface area contributed by atoms with E-state index < -0.39 is 0 Å². The molecule has 0 aliphatic heterocycles. The fourth-order valence-electron chi connectivity index (χ4n) is 6.60. The predicted molar refractivity (Wildman–Crippen MR) is 205 cm³/mol. The lowest BCUT2D eigenvalue weighted by Gasteiger charge is -2.12. The Balaban J connectivity index is 1.12. The first-order valence-electron chi connectivity index (χ1n) is 16.7. The summed E-state index contributed by atoms with van der Waals surface area (Å²) in [6.07, 6.45) is 0. The highest BCUT2D eigenvalue weighted by atomic mass is 14.9. The predicted octanol–water partition coefficient (Wildman–Crippen LogP) is 11.6. The molecule has 0 saturated carbocycles. The van der Waals surface area contributed by atoms with E-state index in [1.54, 1.807) is 0 Å². The molecule has 0 unspecified atom stereocenters. The topological polar surface area (TPSA) is 51.6 Å². The van der Waals surface area contributed by atoms with Crippen LogP contribution in [0.5, 0.6) is 0 Å². The third kappa shape index (κ3) is 5.59. The van der Waals surface area contributed by atoms with Crippen LogP contribution < -0.4 is 0 Å². The second-order valence-electron chi connectivity index (χ2n) is 12.3. The van der Waals surface area contributed by atoms with Crippen molar-refractivity contribution in [3.63, 3.8) is 0 Å².